The second-order valence-corrected chi connectivity index (χ2v) is 3.15. The minimum absolute atomic E-state index is 0.116. The summed E-state index contributed by atoms with van der Waals surface area (Å²) in [6.45, 7) is 4.28. The number of carbonyl (C=O) groups is 1. The average molecular weight is 141 g/mol. The SMILES string of the molecule is CCC1CC(C)C(C=O)N1. The summed E-state index contributed by atoms with van der Waals surface area (Å²) < 4.78 is 0. The Balaban J connectivity index is 2.43. The van der Waals surface area contributed by atoms with Crippen LogP contribution in [0.15, 0.2) is 0 Å². The van der Waals surface area contributed by atoms with E-state index in [1.54, 1.807) is 0 Å². The molecule has 0 aromatic heterocycles. The first-order valence-electron chi connectivity index (χ1n) is 3.99. The predicted molar refractivity (Wildman–Crippen MR) is 40.8 cm³/mol. The smallest absolute Gasteiger partial charge is 0.137 e. The highest BCUT2D eigenvalue weighted by Gasteiger charge is 2.28. The highest BCUT2D eigenvalue weighted by Crippen LogP contribution is 2.19. The predicted octanol–water partition coefficient (Wildman–Crippen LogP) is 0.962. The molecule has 1 saturated heterocycles. The van der Waals surface area contributed by atoms with E-state index >= 15 is 0 Å². The van der Waals surface area contributed by atoms with Gasteiger partial charge in [0.2, 0.25) is 0 Å². The third-order valence-electron chi connectivity index (χ3n) is 2.34. The van der Waals surface area contributed by atoms with Gasteiger partial charge in [0.15, 0.2) is 0 Å². The molecule has 1 heterocycles. The van der Waals surface area contributed by atoms with Crippen LogP contribution < -0.4 is 5.32 Å². The summed E-state index contributed by atoms with van der Waals surface area (Å²) in [6, 6.07) is 0.690. The van der Waals surface area contributed by atoms with Crippen LogP contribution in [0.5, 0.6) is 0 Å². The van der Waals surface area contributed by atoms with E-state index in [2.05, 4.69) is 19.2 Å². The van der Waals surface area contributed by atoms with E-state index in [1.165, 1.54) is 0 Å². The van der Waals surface area contributed by atoms with E-state index in [4.69, 9.17) is 0 Å². The van der Waals surface area contributed by atoms with E-state index in [0.717, 1.165) is 19.1 Å². The van der Waals surface area contributed by atoms with E-state index < -0.39 is 0 Å². The molecule has 3 atom stereocenters. The van der Waals surface area contributed by atoms with Crippen molar-refractivity contribution in [3.05, 3.63) is 0 Å². The number of carbonyl (C=O) groups excluding carboxylic acids is 1. The molecular weight excluding hydrogens is 126 g/mol. The number of rotatable bonds is 2. The second-order valence-electron chi connectivity index (χ2n) is 3.15. The second kappa shape index (κ2) is 3.15. The maximum atomic E-state index is 10.4. The maximum absolute atomic E-state index is 10.4. The lowest BCUT2D eigenvalue weighted by Gasteiger charge is -2.06. The van der Waals surface area contributed by atoms with Crippen LogP contribution in [-0.2, 0) is 4.79 Å². The van der Waals surface area contributed by atoms with E-state index in [9.17, 15) is 4.79 Å². The van der Waals surface area contributed by atoms with Crippen LogP contribution in [0.2, 0.25) is 0 Å². The summed E-state index contributed by atoms with van der Waals surface area (Å²) >= 11 is 0. The normalized spacial score (nSPS) is 40.0. The molecule has 0 radical (unpaired) electrons. The largest absolute Gasteiger partial charge is 0.305 e. The van der Waals surface area contributed by atoms with Gasteiger partial charge in [-0.25, -0.2) is 0 Å². The molecule has 10 heavy (non-hydrogen) atoms. The summed E-state index contributed by atoms with van der Waals surface area (Å²) in [5, 5.41) is 3.27. The van der Waals surface area contributed by atoms with Crippen LogP contribution in [0.25, 0.3) is 0 Å². The fourth-order valence-corrected chi connectivity index (χ4v) is 1.56. The van der Waals surface area contributed by atoms with Gasteiger partial charge in [-0.15, -0.1) is 0 Å². The van der Waals surface area contributed by atoms with Crippen LogP contribution >= 0.6 is 0 Å². The first kappa shape index (κ1) is 7.73. The van der Waals surface area contributed by atoms with Crippen molar-refractivity contribution in [2.45, 2.75) is 38.8 Å². The number of aldehydes is 1. The van der Waals surface area contributed by atoms with Crippen LogP contribution in [0, 0.1) is 5.92 Å². The zero-order chi connectivity index (χ0) is 7.56. The molecular formula is C8H15NO. The molecule has 1 rings (SSSR count). The van der Waals surface area contributed by atoms with Gasteiger partial charge in [0, 0.05) is 6.04 Å². The summed E-state index contributed by atoms with van der Waals surface area (Å²) in [5.41, 5.74) is 0. The summed E-state index contributed by atoms with van der Waals surface area (Å²) in [7, 11) is 0. The van der Waals surface area contributed by atoms with Crippen molar-refractivity contribution in [3.8, 4) is 0 Å². The Bertz CT molecular complexity index is 124. The highest BCUT2D eigenvalue weighted by molar-refractivity contribution is 5.58. The molecule has 0 aliphatic carbocycles. The van der Waals surface area contributed by atoms with Gasteiger partial charge in [-0.05, 0) is 18.8 Å². The Morgan fingerprint density at radius 2 is 2.40 bits per heavy atom. The molecule has 0 aromatic carbocycles. The van der Waals surface area contributed by atoms with Crippen molar-refractivity contribution in [1.82, 2.24) is 5.32 Å². The van der Waals surface area contributed by atoms with Crippen molar-refractivity contribution >= 4 is 6.29 Å². The lowest BCUT2D eigenvalue weighted by Crippen LogP contribution is -2.31. The Kier molecular flexibility index (Phi) is 2.44. The summed E-state index contributed by atoms with van der Waals surface area (Å²) in [6.07, 6.45) is 3.31. The molecule has 0 amide bonds. The average Bonchev–Trinajstić information content (AvgIpc) is 2.30. The molecule has 1 aliphatic rings. The van der Waals surface area contributed by atoms with E-state index in [-0.39, 0.29) is 6.04 Å². The third kappa shape index (κ3) is 1.37. The zero-order valence-electron chi connectivity index (χ0n) is 6.63. The quantitative estimate of drug-likeness (QED) is 0.580. The molecule has 0 aromatic rings. The van der Waals surface area contributed by atoms with Crippen molar-refractivity contribution in [3.63, 3.8) is 0 Å². The zero-order valence-corrected chi connectivity index (χ0v) is 6.63. The van der Waals surface area contributed by atoms with Crippen molar-refractivity contribution in [2.75, 3.05) is 0 Å². The Hall–Kier alpha value is -0.370. The minimum atomic E-state index is 0.116. The van der Waals surface area contributed by atoms with E-state index in [1.807, 2.05) is 0 Å². The Morgan fingerprint density at radius 1 is 1.70 bits per heavy atom. The molecule has 2 heteroatoms. The molecule has 0 saturated carbocycles. The van der Waals surface area contributed by atoms with Crippen LogP contribution in [0.1, 0.15) is 26.7 Å². The van der Waals surface area contributed by atoms with Crippen LogP contribution in [-0.4, -0.2) is 18.4 Å². The van der Waals surface area contributed by atoms with Crippen LogP contribution in [0.4, 0.5) is 0 Å². The van der Waals surface area contributed by atoms with Gasteiger partial charge in [-0.1, -0.05) is 13.8 Å². The number of hydrogen-bond acceptors (Lipinski definition) is 2. The first-order chi connectivity index (χ1) is 4.77. The van der Waals surface area contributed by atoms with Gasteiger partial charge in [0.05, 0.1) is 6.04 Å². The molecule has 2 nitrogen and oxygen atoms in total. The van der Waals surface area contributed by atoms with Crippen LogP contribution in [0.3, 0.4) is 0 Å². The first-order valence-corrected chi connectivity index (χ1v) is 3.99. The highest BCUT2D eigenvalue weighted by atomic mass is 16.1. The van der Waals surface area contributed by atoms with Crippen molar-refractivity contribution in [1.29, 1.82) is 0 Å². The van der Waals surface area contributed by atoms with Crippen molar-refractivity contribution < 1.29 is 4.79 Å². The van der Waals surface area contributed by atoms with Gasteiger partial charge >= 0.3 is 0 Å². The molecule has 1 fully saturated rings. The fraction of sp³-hybridized carbons (Fsp3) is 0.875. The molecule has 1 aliphatic heterocycles. The number of nitrogens with one attached hydrogen (secondary N) is 1. The van der Waals surface area contributed by atoms with Gasteiger partial charge in [0.25, 0.3) is 0 Å². The van der Waals surface area contributed by atoms with E-state index in [0.29, 0.717) is 12.0 Å². The van der Waals surface area contributed by atoms with Gasteiger partial charge in [-0.2, -0.15) is 0 Å². The molecule has 1 N–H and O–H groups in total. The van der Waals surface area contributed by atoms with Gasteiger partial charge in [-0.3, -0.25) is 0 Å². The Labute approximate surface area is 62.0 Å². The Morgan fingerprint density at radius 3 is 2.70 bits per heavy atom. The molecule has 58 valence electrons. The summed E-state index contributed by atoms with van der Waals surface area (Å²) in [4.78, 5) is 10.4. The lowest BCUT2D eigenvalue weighted by molar-refractivity contribution is -0.109. The van der Waals surface area contributed by atoms with Gasteiger partial charge in [0.1, 0.15) is 6.29 Å². The standard InChI is InChI=1S/C8H15NO/c1-3-7-4-6(2)8(5-10)9-7/h5-9H,3-4H2,1-2H3. The van der Waals surface area contributed by atoms with Crippen molar-refractivity contribution in [2.24, 2.45) is 5.92 Å². The topological polar surface area (TPSA) is 29.1 Å². The lowest BCUT2D eigenvalue weighted by atomic mass is 10.0. The molecule has 0 bridgehead atoms. The maximum Gasteiger partial charge on any atom is 0.137 e. The summed E-state index contributed by atoms with van der Waals surface area (Å²) in [5.74, 6) is 0.530. The molecule has 3 unspecified atom stereocenters. The minimum Gasteiger partial charge on any atom is -0.305 e. The fourth-order valence-electron chi connectivity index (χ4n) is 1.56. The monoisotopic (exact) mass is 141 g/mol. The molecule has 0 spiro atoms. The number of hydrogen-bond donors (Lipinski definition) is 1. The third-order valence-corrected chi connectivity index (χ3v) is 2.34. The van der Waals surface area contributed by atoms with Gasteiger partial charge < -0.3 is 10.1 Å².